The van der Waals surface area contributed by atoms with Crippen molar-refractivity contribution in [2.45, 2.75) is 33.2 Å². The fraction of sp³-hybridized carbons (Fsp3) is 0.476. The molecule has 1 N–H and O–H groups in total. The third-order valence-corrected chi connectivity index (χ3v) is 6.15. The lowest BCUT2D eigenvalue weighted by atomic mass is 9.97. The van der Waals surface area contributed by atoms with Gasteiger partial charge in [0.1, 0.15) is 5.01 Å². The van der Waals surface area contributed by atoms with E-state index < -0.39 is 0 Å². The summed E-state index contributed by atoms with van der Waals surface area (Å²) in [5, 5.41) is 4.50. The Bertz CT molecular complexity index is 817. The van der Waals surface area contributed by atoms with Crippen molar-refractivity contribution in [2.24, 2.45) is 10.9 Å². The van der Waals surface area contributed by atoms with Crippen LogP contribution in [0.25, 0.3) is 10.6 Å². The van der Waals surface area contributed by atoms with Crippen LogP contribution in [0.5, 0.6) is 0 Å². The van der Waals surface area contributed by atoms with E-state index in [1.165, 1.54) is 4.88 Å². The van der Waals surface area contributed by atoms with Gasteiger partial charge in [-0.1, -0.05) is 30.3 Å². The van der Waals surface area contributed by atoms with Gasteiger partial charge in [-0.15, -0.1) is 35.3 Å². The summed E-state index contributed by atoms with van der Waals surface area (Å²) in [5.74, 6) is 0.807. The van der Waals surface area contributed by atoms with Crippen LogP contribution >= 0.6 is 35.3 Å². The maximum Gasteiger partial charge on any atom is 0.309 e. The molecule has 0 bridgehead atoms. The summed E-state index contributed by atoms with van der Waals surface area (Å²) in [7, 11) is 1.80. The van der Waals surface area contributed by atoms with Gasteiger partial charge in [0.2, 0.25) is 0 Å². The first-order valence-electron chi connectivity index (χ1n) is 9.76. The quantitative estimate of drug-likeness (QED) is 0.274. The first-order chi connectivity index (χ1) is 13.6. The second kappa shape index (κ2) is 11.5. The molecule has 29 heavy (non-hydrogen) atoms. The molecule has 158 valence electrons. The van der Waals surface area contributed by atoms with Gasteiger partial charge in [0.05, 0.1) is 24.8 Å². The largest absolute Gasteiger partial charge is 0.466 e. The van der Waals surface area contributed by atoms with Crippen molar-refractivity contribution < 1.29 is 9.53 Å². The lowest BCUT2D eigenvalue weighted by molar-refractivity contribution is -0.149. The predicted octanol–water partition coefficient (Wildman–Crippen LogP) is 4.09. The van der Waals surface area contributed by atoms with Gasteiger partial charge in [0.15, 0.2) is 5.96 Å². The molecular weight excluding hydrogens is 499 g/mol. The highest BCUT2D eigenvalue weighted by Gasteiger charge is 2.27. The molecule has 0 spiro atoms. The molecule has 0 saturated carbocycles. The molecule has 1 aliphatic heterocycles. The zero-order valence-corrected chi connectivity index (χ0v) is 20.3. The number of aryl methyl sites for hydroxylation is 1. The number of piperidine rings is 1. The van der Waals surface area contributed by atoms with E-state index in [0.717, 1.165) is 48.2 Å². The average Bonchev–Trinajstić information content (AvgIpc) is 3.10. The molecule has 1 fully saturated rings. The van der Waals surface area contributed by atoms with Crippen molar-refractivity contribution >= 4 is 47.2 Å². The predicted molar refractivity (Wildman–Crippen MR) is 129 cm³/mol. The number of nitrogens with one attached hydrogen (secondary N) is 1. The molecule has 3 rings (SSSR count). The van der Waals surface area contributed by atoms with Crippen molar-refractivity contribution in [2.75, 3.05) is 26.7 Å². The summed E-state index contributed by atoms with van der Waals surface area (Å²) < 4.78 is 5.15. The number of halogens is 1. The maximum absolute atomic E-state index is 11.9. The Balaban J connectivity index is 0.00000300. The Kier molecular flexibility index (Phi) is 9.35. The van der Waals surface area contributed by atoms with Gasteiger partial charge in [-0.25, -0.2) is 4.98 Å². The standard InChI is InChI=1S/C21H28N4O2S.HI/c1-4-27-20(26)17-10-12-25(13-11-17)21(22-3)23-14-18-15(2)24-19(28-18)16-8-6-5-7-9-16;/h5-9,17H,4,10-14H2,1-3H3,(H,22,23);1H. The molecule has 0 aliphatic carbocycles. The van der Waals surface area contributed by atoms with E-state index in [4.69, 9.17) is 9.72 Å². The molecule has 1 aromatic carbocycles. The number of aromatic nitrogens is 1. The molecular formula is C21H29IN4O2S. The fourth-order valence-corrected chi connectivity index (χ4v) is 4.38. The summed E-state index contributed by atoms with van der Waals surface area (Å²) in [4.78, 5) is 24.5. The molecule has 0 radical (unpaired) electrons. The zero-order chi connectivity index (χ0) is 19.9. The van der Waals surface area contributed by atoms with Crippen LogP contribution in [0.3, 0.4) is 0 Å². The zero-order valence-electron chi connectivity index (χ0n) is 17.2. The van der Waals surface area contributed by atoms with Gasteiger partial charge in [0, 0.05) is 30.6 Å². The normalized spacial score (nSPS) is 15.0. The first kappa shape index (κ1) is 23.6. The SMILES string of the molecule is CCOC(=O)C1CCN(C(=NC)NCc2sc(-c3ccccc3)nc2C)CC1.I. The van der Waals surface area contributed by atoms with E-state index in [0.29, 0.717) is 13.2 Å². The maximum atomic E-state index is 11.9. The van der Waals surface area contributed by atoms with Crippen LogP contribution in [0.1, 0.15) is 30.3 Å². The van der Waals surface area contributed by atoms with Crippen LogP contribution in [-0.4, -0.2) is 48.6 Å². The van der Waals surface area contributed by atoms with Gasteiger partial charge in [-0.2, -0.15) is 0 Å². The number of esters is 1. The molecule has 1 aromatic heterocycles. The number of likely N-dealkylation sites (tertiary alicyclic amines) is 1. The number of hydrogen-bond acceptors (Lipinski definition) is 5. The number of ether oxygens (including phenoxy) is 1. The van der Waals surface area contributed by atoms with Crippen molar-refractivity contribution in [3.63, 3.8) is 0 Å². The molecule has 1 aliphatic rings. The summed E-state index contributed by atoms with van der Waals surface area (Å²) >= 11 is 1.71. The molecule has 1 saturated heterocycles. The number of carbonyl (C=O) groups excluding carboxylic acids is 1. The number of rotatable bonds is 5. The number of hydrogen-bond donors (Lipinski definition) is 1. The molecule has 8 heteroatoms. The number of thiazole rings is 1. The van der Waals surface area contributed by atoms with Crippen LogP contribution < -0.4 is 5.32 Å². The second-order valence-corrected chi connectivity index (χ2v) is 7.89. The van der Waals surface area contributed by atoms with E-state index in [1.807, 2.05) is 32.0 Å². The van der Waals surface area contributed by atoms with E-state index in [1.54, 1.807) is 18.4 Å². The smallest absolute Gasteiger partial charge is 0.309 e. The van der Waals surface area contributed by atoms with Gasteiger partial charge < -0.3 is 15.0 Å². The van der Waals surface area contributed by atoms with Crippen LogP contribution in [0.2, 0.25) is 0 Å². The Morgan fingerprint density at radius 2 is 2.00 bits per heavy atom. The minimum absolute atomic E-state index is 0. The summed E-state index contributed by atoms with van der Waals surface area (Å²) in [6.07, 6.45) is 1.61. The topological polar surface area (TPSA) is 66.8 Å². The number of guanidine groups is 1. The monoisotopic (exact) mass is 528 g/mol. The Labute approximate surface area is 193 Å². The van der Waals surface area contributed by atoms with Gasteiger partial charge in [0.25, 0.3) is 0 Å². The molecule has 0 unspecified atom stereocenters. The van der Waals surface area contributed by atoms with Crippen molar-refractivity contribution in [1.82, 2.24) is 15.2 Å². The van der Waals surface area contributed by atoms with Crippen LogP contribution in [-0.2, 0) is 16.1 Å². The van der Waals surface area contributed by atoms with E-state index in [-0.39, 0.29) is 35.9 Å². The molecule has 0 amide bonds. The van der Waals surface area contributed by atoms with Gasteiger partial charge in [-0.3, -0.25) is 9.79 Å². The lowest BCUT2D eigenvalue weighted by Crippen LogP contribution is -2.46. The van der Waals surface area contributed by atoms with E-state index in [2.05, 4.69) is 27.3 Å². The Morgan fingerprint density at radius 3 is 2.62 bits per heavy atom. The molecule has 6 nitrogen and oxygen atoms in total. The third kappa shape index (κ3) is 6.15. The molecule has 0 atom stereocenters. The highest BCUT2D eigenvalue weighted by Crippen LogP contribution is 2.27. The number of carbonyl (C=O) groups is 1. The van der Waals surface area contributed by atoms with Crippen LogP contribution in [0.4, 0.5) is 0 Å². The number of benzene rings is 1. The highest BCUT2D eigenvalue weighted by molar-refractivity contribution is 14.0. The average molecular weight is 528 g/mol. The third-order valence-electron chi connectivity index (χ3n) is 4.95. The van der Waals surface area contributed by atoms with E-state index >= 15 is 0 Å². The summed E-state index contributed by atoms with van der Waals surface area (Å²) in [5.41, 5.74) is 2.19. The first-order valence-corrected chi connectivity index (χ1v) is 10.6. The van der Waals surface area contributed by atoms with Gasteiger partial charge >= 0.3 is 5.97 Å². The van der Waals surface area contributed by atoms with Gasteiger partial charge in [-0.05, 0) is 26.7 Å². The van der Waals surface area contributed by atoms with Crippen LogP contribution in [0, 0.1) is 12.8 Å². The number of aliphatic imine (C=N–C) groups is 1. The second-order valence-electron chi connectivity index (χ2n) is 6.81. The highest BCUT2D eigenvalue weighted by atomic mass is 127. The minimum Gasteiger partial charge on any atom is -0.466 e. The number of nitrogens with zero attached hydrogens (tertiary/aromatic N) is 3. The molecule has 2 aromatic rings. The Hall–Kier alpha value is -1.68. The Morgan fingerprint density at radius 1 is 1.31 bits per heavy atom. The fourth-order valence-electron chi connectivity index (χ4n) is 3.37. The van der Waals surface area contributed by atoms with Crippen molar-refractivity contribution in [3.05, 3.63) is 40.9 Å². The van der Waals surface area contributed by atoms with Crippen LogP contribution in [0.15, 0.2) is 35.3 Å². The minimum atomic E-state index is -0.0705. The molecule has 2 heterocycles. The summed E-state index contributed by atoms with van der Waals surface area (Å²) in [6, 6.07) is 10.3. The summed E-state index contributed by atoms with van der Waals surface area (Å²) in [6.45, 7) is 6.65. The van der Waals surface area contributed by atoms with Crippen molar-refractivity contribution in [3.8, 4) is 10.6 Å². The van der Waals surface area contributed by atoms with E-state index in [9.17, 15) is 4.79 Å². The van der Waals surface area contributed by atoms with Crippen molar-refractivity contribution in [1.29, 1.82) is 0 Å². The lowest BCUT2D eigenvalue weighted by Gasteiger charge is -2.33.